The maximum absolute atomic E-state index is 12.7. The molecule has 0 saturated carbocycles. The first-order chi connectivity index (χ1) is 11.6. The Morgan fingerprint density at radius 3 is 2.92 bits per heavy atom. The predicted molar refractivity (Wildman–Crippen MR) is 94.1 cm³/mol. The van der Waals surface area contributed by atoms with Crippen molar-refractivity contribution in [3.05, 3.63) is 46.8 Å². The van der Waals surface area contributed by atoms with Crippen molar-refractivity contribution in [3.63, 3.8) is 0 Å². The molecular weight excluding hydrogens is 324 g/mol. The van der Waals surface area contributed by atoms with E-state index in [4.69, 9.17) is 9.26 Å². The van der Waals surface area contributed by atoms with E-state index in [9.17, 15) is 4.79 Å². The van der Waals surface area contributed by atoms with E-state index in [1.165, 1.54) is 0 Å². The summed E-state index contributed by atoms with van der Waals surface area (Å²) in [5.41, 5.74) is 3.05. The number of amides is 1. The number of aromatic nitrogens is 1. The summed E-state index contributed by atoms with van der Waals surface area (Å²) in [5.74, 6) is 3.03. The van der Waals surface area contributed by atoms with Crippen molar-refractivity contribution in [2.24, 2.45) is 0 Å². The Morgan fingerprint density at radius 2 is 2.17 bits per heavy atom. The van der Waals surface area contributed by atoms with Crippen LogP contribution in [0, 0.1) is 13.8 Å². The molecule has 1 aliphatic heterocycles. The van der Waals surface area contributed by atoms with Gasteiger partial charge in [0.15, 0.2) is 0 Å². The molecule has 1 aliphatic rings. The molecule has 3 rings (SSSR count). The zero-order valence-electron chi connectivity index (χ0n) is 14.2. The van der Waals surface area contributed by atoms with Crippen LogP contribution in [0.2, 0.25) is 0 Å². The summed E-state index contributed by atoms with van der Waals surface area (Å²) in [6, 6.07) is 7.98. The van der Waals surface area contributed by atoms with Gasteiger partial charge in [-0.25, -0.2) is 0 Å². The second kappa shape index (κ2) is 7.30. The molecule has 1 amide bonds. The number of nitrogens with zero attached hydrogens (tertiary/aromatic N) is 2. The highest BCUT2D eigenvalue weighted by atomic mass is 32.2. The van der Waals surface area contributed by atoms with Gasteiger partial charge in [0.2, 0.25) is 5.91 Å². The van der Waals surface area contributed by atoms with Gasteiger partial charge >= 0.3 is 0 Å². The van der Waals surface area contributed by atoms with E-state index >= 15 is 0 Å². The minimum atomic E-state index is 0.0598. The van der Waals surface area contributed by atoms with E-state index in [2.05, 4.69) is 5.16 Å². The quantitative estimate of drug-likeness (QED) is 0.850. The molecule has 0 aliphatic carbocycles. The minimum Gasteiger partial charge on any atom is -0.491 e. The zero-order chi connectivity index (χ0) is 17.1. The second-order valence-corrected chi connectivity index (χ2v) is 7.07. The maximum atomic E-state index is 12.7. The average molecular weight is 346 g/mol. The minimum absolute atomic E-state index is 0.0598. The Labute approximate surface area is 146 Å². The molecule has 0 N–H and O–H groups in total. The first kappa shape index (κ1) is 16.9. The smallest absolute Gasteiger partial charge is 0.233 e. The molecule has 0 spiro atoms. The van der Waals surface area contributed by atoms with Crippen LogP contribution in [0.15, 0.2) is 28.8 Å². The summed E-state index contributed by atoms with van der Waals surface area (Å²) in [6.07, 6.45) is 0. The van der Waals surface area contributed by atoms with E-state index in [0.717, 1.165) is 34.1 Å². The third-order valence-electron chi connectivity index (χ3n) is 4.30. The molecular formula is C18H22N2O3S. The highest BCUT2D eigenvalue weighted by Crippen LogP contribution is 2.26. The van der Waals surface area contributed by atoms with Crippen molar-refractivity contribution >= 4 is 17.7 Å². The highest BCUT2D eigenvalue weighted by Gasteiger charge is 2.25. The number of benzene rings is 1. The summed E-state index contributed by atoms with van der Waals surface area (Å²) >= 11 is 1.60. The molecule has 24 heavy (non-hydrogen) atoms. The van der Waals surface area contributed by atoms with Crippen LogP contribution >= 0.6 is 11.8 Å². The number of hydrogen-bond donors (Lipinski definition) is 0. The van der Waals surface area contributed by atoms with Crippen LogP contribution in [-0.2, 0) is 17.1 Å². The molecule has 6 heteroatoms. The van der Waals surface area contributed by atoms with Crippen LogP contribution in [0.25, 0.3) is 0 Å². The molecule has 1 atom stereocenters. The van der Waals surface area contributed by atoms with E-state index in [1.54, 1.807) is 11.8 Å². The highest BCUT2D eigenvalue weighted by molar-refractivity contribution is 7.99. The predicted octanol–water partition coefficient (Wildman–Crippen LogP) is 3.33. The van der Waals surface area contributed by atoms with Crippen LogP contribution in [0.4, 0.5) is 0 Å². The molecule has 0 radical (unpaired) electrons. The van der Waals surface area contributed by atoms with Gasteiger partial charge in [-0.2, -0.15) is 0 Å². The van der Waals surface area contributed by atoms with Crippen LogP contribution in [0.1, 0.15) is 29.5 Å². The lowest BCUT2D eigenvalue weighted by Gasteiger charge is -2.26. The molecule has 2 aromatic rings. The third kappa shape index (κ3) is 3.59. The van der Waals surface area contributed by atoms with Crippen molar-refractivity contribution in [1.29, 1.82) is 0 Å². The fourth-order valence-corrected chi connectivity index (χ4v) is 3.84. The topological polar surface area (TPSA) is 55.6 Å². The SMILES string of the molecule is Cc1noc(C)c1CSCC(=O)N1Cc2ccccc2OC[C@H]1C. The van der Waals surface area contributed by atoms with Gasteiger partial charge in [0.05, 0.1) is 17.5 Å². The molecule has 0 bridgehead atoms. The summed E-state index contributed by atoms with van der Waals surface area (Å²) < 4.78 is 11.0. The number of ether oxygens (including phenoxy) is 1. The normalized spacial score (nSPS) is 17.1. The molecule has 0 unspecified atom stereocenters. The first-order valence-corrected chi connectivity index (χ1v) is 9.21. The number of para-hydroxylation sites is 1. The van der Waals surface area contributed by atoms with Gasteiger partial charge in [-0.15, -0.1) is 11.8 Å². The van der Waals surface area contributed by atoms with Crippen LogP contribution < -0.4 is 4.74 Å². The van der Waals surface area contributed by atoms with Crippen molar-refractivity contribution in [2.75, 3.05) is 12.4 Å². The van der Waals surface area contributed by atoms with Gasteiger partial charge in [0.1, 0.15) is 18.1 Å². The average Bonchev–Trinajstić information content (AvgIpc) is 2.80. The lowest BCUT2D eigenvalue weighted by molar-refractivity contribution is -0.131. The fourth-order valence-electron chi connectivity index (χ4n) is 2.78. The van der Waals surface area contributed by atoms with Gasteiger partial charge in [-0.1, -0.05) is 23.4 Å². The number of carbonyl (C=O) groups excluding carboxylic acids is 1. The van der Waals surface area contributed by atoms with Gasteiger partial charge in [-0.05, 0) is 26.8 Å². The Kier molecular flexibility index (Phi) is 5.14. The van der Waals surface area contributed by atoms with Crippen LogP contribution in [-0.4, -0.2) is 34.4 Å². The summed E-state index contributed by atoms with van der Waals surface area (Å²) in [4.78, 5) is 14.6. The van der Waals surface area contributed by atoms with Crippen molar-refractivity contribution in [1.82, 2.24) is 10.1 Å². The number of rotatable bonds is 4. The van der Waals surface area contributed by atoms with Gasteiger partial charge in [0, 0.05) is 23.4 Å². The molecule has 5 nitrogen and oxygen atoms in total. The van der Waals surface area contributed by atoms with Gasteiger partial charge in [-0.3, -0.25) is 4.79 Å². The lowest BCUT2D eigenvalue weighted by atomic mass is 10.2. The molecule has 0 fully saturated rings. The van der Waals surface area contributed by atoms with Crippen molar-refractivity contribution in [3.8, 4) is 5.75 Å². The standard InChI is InChI=1S/C18H22N2O3S/c1-12-9-22-17-7-5-4-6-15(17)8-20(12)18(21)11-24-10-16-13(2)19-23-14(16)3/h4-7,12H,8-11H2,1-3H3/t12-/m1/s1. The van der Waals surface area contributed by atoms with E-state index in [0.29, 0.717) is 18.9 Å². The largest absolute Gasteiger partial charge is 0.491 e. The Hall–Kier alpha value is -1.95. The fraction of sp³-hybridized carbons (Fsp3) is 0.444. The molecule has 2 heterocycles. The number of hydrogen-bond acceptors (Lipinski definition) is 5. The van der Waals surface area contributed by atoms with E-state index in [-0.39, 0.29) is 11.9 Å². The third-order valence-corrected chi connectivity index (χ3v) is 5.24. The summed E-state index contributed by atoms with van der Waals surface area (Å²) in [6.45, 7) is 6.99. The Bertz CT molecular complexity index is 709. The molecule has 1 aromatic carbocycles. The van der Waals surface area contributed by atoms with Crippen molar-refractivity contribution in [2.45, 2.75) is 39.1 Å². The van der Waals surface area contributed by atoms with E-state index < -0.39 is 0 Å². The number of fused-ring (bicyclic) bond motifs is 1. The van der Waals surface area contributed by atoms with Crippen LogP contribution in [0.3, 0.4) is 0 Å². The van der Waals surface area contributed by atoms with Crippen LogP contribution in [0.5, 0.6) is 5.75 Å². The summed E-state index contributed by atoms with van der Waals surface area (Å²) in [7, 11) is 0. The zero-order valence-corrected chi connectivity index (χ0v) is 15.1. The monoisotopic (exact) mass is 346 g/mol. The van der Waals surface area contributed by atoms with E-state index in [1.807, 2.05) is 49.9 Å². The second-order valence-electron chi connectivity index (χ2n) is 6.08. The lowest BCUT2D eigenvalue weighted by Crippen LogP contribution is -2.40. The number of carbonyl (C=O) groups is 1. The van der Waals surface area contributed by atoms with Gasteiger partial charge in [0.25, 0.3) is 0 Å². The van der Waals surface area contributed by atoms with Gasteiger partial charge < -0.3 is 14.2 Å². The first-order valence-electron chi connectivity index (χ1n) is 8.06. The number of thioether (sulfide) groups is 1. The molecule has 128 valence electrons. The summed E-state index contributed by atoms with van der Waals surface area (Å²) in [5, 5.41) is 3.95. The Morgan fingerprint density at radius 1 is 1.38 bits per heavy atom. The maximum Gasteiger partial charge on any atom is 0.233 e. The number of aryl methyl sites for hydroxylation is 2. The molecule has 1 aromatic heterocycles. The van der Waals surface area contributed by atoms with Crippen molar-refractivity contribution < 1.29 is 14.1 Å². The molecule has 0 saturated heterocycles. The Balaban J connectivity index is 1.62.